The molecular weight excluding hydrogens is 452 g/mol. The molecule has 3 saturated carbocycles. The van der Waals surface area contributed by atoms with E-state index in [0.717, 1.165) is 25.7 Å². The first-order valence-electron chi connectivity index (χ1n) is 13.3. The molecule has 7 heteroatoms. The van der Waals surface area contributed by atoms with Crippen LogP contribution < -0.4 is 0 Å². The van der Waals surface area contributed by atoms with Crippen molar-refractivity contribution in [3.8, 4) is 0 Å². The van der Waals surface area contributed by atoms with Gasteiger partial charge in [0.15, 0.2) is 0 Å². The lowest BCUT2D eigenvalue weighted by atomic mass is 9.47. The monoisotopic (exact) mass is 496 g/mol. The number of carbonyl (C=O) groups excluding carboxylic acids is 1. The Balaban J connectivity index is 1.53. The van der Waals surface area contributed by atoms with Crippen LogP contribution in [-0.2, 0) is 19.4 Å². The Labute approximate surface area is 205 Å². The summed E-state index contributed by atoms with van der Waals surface area (Å²) >= 11 is 0. The largest absolute Gasteiger partial charge is 0.397 e. The first-order chi connectivity index (χ1) is 15.7. The first-order valence-corrected chi connectivity index (χ1v) is 14.7. The second kappa shape index (κ2) is 9.28. The van der Waals surface area contributed by atoms with Crippen molar-refractivity contribution in [1.82, 2.24) is 0 Å². The fourth-order valence-corrected chi connectivity index (χ4v) is 9.33. The van der Waals surface area contributed by atoms with Crippen molar-refractivity contribution in [3.05, 3.63) is 11.6 Å². The van der Waals surface area contributed by atoms with Gasteiger partial charge in [-0.1, -0.05) is 46.3 Å². The van der Waals surface area contributed by atoms with Crippen LogP contribution in [0.15, 0.2) is 11.6 Å². The van der Waals surface area contributed by atoms with Crippen molar-refractivity contribution < 1.29 is 27.1 Å². The minimum absolute atomic E-state index is 0.0652. The molecular formula is C27H44O6S. The smallest absolute Gasteiger partial charge is 0.393 e. The topological polar surface area (TPSA) is 101 Å². The fraction of sp³-hybridized carbons (Fsp3) is 0.889. The highest BCUT2D eigenvalue weighted by atomic mass is 32.3. The van der Waals surface area contributed by atoms with Crippen LogP contribution >= 0.6 is 0 Å². The zero-order chi connectivity index (χ0) is 25.1. The lowest BCUT2D eigenvalue weighted by Crippen LogP contribution is -2.54. The zero-order valence-electron chi connectivity index (χ0n) is 21.5. The molecule has 4 unspecified atom stereocenters. The number of rotatable bonds is 7. The lowest BCUT2D eigenvalue weighted by Gasteiger charge is -2.58. The van der Waals surface area contributed by atoms with Crippen molar-refractivity contribution in [1.29, 1.82) is 0 Å². The molecule has 0 aliphatic heterocycles. The van der Waals surface area contributed by atoms with Crippen LogP contribution in [0.1, 0.15) is 92.4 Å². The highest BCUT2D eigenvalue weighted by Crippen LogP contribution is 2.66. The second-order valence-electron chi connectivity index (χ2n) is 12.8. The van der Waals surface area contributed by atoms with Crippen LogP contribution in [0.3, 0.4) is 0 Å². The van der Waals surface area contributed by atoms with Gasteiger partial charge in [-0.15, -0.1) is 0 Å². The van der Waals surface area contributed by atoms with E-state index in [1.165, 1.54) is 5.57 Å². The van der Waals surface area contributed by atoms with Crippen LogP contribution in [0.4, 0.5) is 0 Å². The molecule has 3 fully saturated rings. The average Bonchev–Trinajstić information content (AvgIpc) is 3.05. The van der Waals surface area contributed by atoms with Crippen LogP contribution in [0.2, 0.25) is 0 Å². The van der Waals surface area contributed by atoms with Gasteiger partial charge in [0.05, 0.1) is 12.2 Å². The van der Waals surface area contributed by atoms with Gasteiger partial charge in [0.1, 0.15) is 5.78 Å². The molecule has 2 N–H and O–H groups in total. The van der Waals surface area contributed by atoms with E-state index in [4.69, 9.17) is 8.74 Å². The number of hydrogen-bond acceptors (Lipinski definition) is 5. The number of aliphatic hydroxyl groups is 1. The Morgan fingerprint density at radius 3 is 2.47 bits per heavy atom. The van der Waals surface area contributed by atoms with Crippen molar-refractivity contribution >= 4 is 16.2 Å². The Bertz CT molecular complexity index is 925. The summed E-state index contributed by atoms with van der Waals surface area (Å²) in [5.41, 5.74) is 1.44. The van der Waals surface area contributed by atoms with Crippen molar-refractivity contribution in [2.24, 2.45) is 46.3 Å². The highest BCUT2D eigenvalue weighted by molar-refractivity contribution is 7.80. The van der Waals surface area contributed by atoms with E-state index < -0.39 is 22.6 Å². The number of hydrogen-bond donors (Lipinski definition) is 2. The molecule has 194 valence electrons. The van der Waals surface area contributed by atoms with Gasteiger partial charge in [0, 0.05) is 12.8 Å². The Morgan fingerprint density at radius 1 is 1.12 bits per heavy atom. The maximum Gasteiger partial charge on any atom is 0.397 e. The SMILES string of the molecule is CC(C)CC(=O)C[C@H](C)C1CCC2C3C[C@H](O)C4C[C@@H](OS(=O)(=O)O)CC[C@]4(C)C3=CC[C@@]21C. The minimum Gasteiger partial charge on any atom is -0.393 e. The predicted molar refractivity (Wildman–Crippen MR) is 131 cm³/mol. The van der Waals surface area contributed by atoms with Gasteiger partial charge >= 0.3 is 10.4 Å². The second-order valence-corrected chi connectivity index (χ2v) is 13.9. The average molecular weight is 497 g/mol. The minimum atomic E-state index is -4.49. The first kappa shape index (κ1) is 26.3. The molecule has 34 heavy (non-hydrogen) atoms. The zero-order valence-corrected chi connectivity index (χ0v) is 22.3. The number of allylic oxidation sites excluding steroid dienone is 2. The van der Waals surface area contributed by atoms with Gasteiger partial charge in [0.25, 0.3) is 0 Å². The number of ketones is 1. The summed E-state index contributed by atoms with van der Waals surface area (Å²) in [4.78, 5) is 12.6. The molecule has 0 heterocycles. The number of aliphatic hydroxyl groups excluding tert-OH is 1. The predicted octanol–water partition coefficient (Wildman–Crippen LogP) is 5.37. The summed E-state index contributed by atoms with van der Waals surface area (Å²) in [6, 6.07) is 0. The van der Waals surface area contributed by atoms with Gasteiger partial charge < -0.3 is 5.11 Å². The third kappa shape index (κ3) is 4.79. The standard InChI is InChI=1S/C27H44O6S/c1-16(2)12-18(28)13-17(3)21-6-7-22-20-15-25(29)24-14-19(33-34(30,31)32)8-10-27(24,5)23(20)9-11-26(21,22)4/h9,16-17,19-22,24-25,29H,6-8,10-15H2,1-5H3,(H,30,31,32)/t17-,19-,20?,21?,22?,24?,25-,26+,27+/m0/s1. The quantitative estimate of drug-likeness (QED) is 0.363. The van der Waals surface area contributed by atoms with Gasteiger partial charge in [-0.05, 0) is 91.3 Å². The highest BCUT2D eigenvalue weighted by Gasteiger charge is 2.60. The molecule has 0 spiro atoms. The Hall–Kier alpha value is -0.760. The van der Waals surface area contributed by atoms with Gasteiger partial charge in [-0.25, -0.2) is 4.18 Å². The van der Waals surface area contributed by atoms with E-state index in [1.807, 2.05) is 0 Å². The van der Waals surface area contributed by atoms with Gasteiger partial charge in [0.2, 0.25) is 0 Å². The van der Waals surface area contributed by atoms with Crippen molar-refractivity contribution in [3.63, 3.8) is 0 Å². The normalized spacial score (nSPS) is 43.0. The van der Waals surface area contributed by atoms with E-state index in [-0.39, 0.29) is 16.7 Å². The molecule has 6 nitrogen and oxygen atoms in total. The third-order valence-electron chi connectivity index (χ3n) is 10.2. The molecule has 0 saturated heterocycles. The lowest BCUT2D eigenvalue weighted by molar-refractivity contribution is -0.121. The Kier molecular flexibility index (Phi) is 7.18. The third-order valence-corrected chi connectivity index (χ3v) is 10.7. The molecule has 9 atom stereocenters. The molecule has 0 aromatic carbocycles. The summed E-state index contributed by atoms with van der Waals surface area (Å²) < 4.78 is 36.5. The van der Waals surface area contributed by atoms with Crippen molar-refractivity contribution in [2.45, 2.75) is 105 Å². The maximum absolute atomic E-state index is 12.6. The molecule has 4 rings (SSSR count). The van der Waals surface area contributed by atoms with E-state index in [1.54, 1.807) is 0 Å². The van der Waals surface area contributed by atoms with Crippen LogP contribution in [0.25, 0.3) is 0 Å². The van der Waals surface area contributed by atoms with E-state index >= 15 is 0 Å². The van der Waals surface area contributed by atoms with Gasteiger partial charge in [-0.3, -0.25) is 9.35 Å². The van der Waals surface area contributed by atoms with E-state index in [2.05, 4.69) is 40.7 Å². The molecule has 0 amide bonds. The summed E-state index contributed by atoms with van der Waals surface area (Å²) in [5.74, 6) is 2.48. The van der Waals surface area contributed by atoms with Crippen LogP contribution in [0.5, 0.6) is 0 Å². The van der Waals surface area contributed by atoms with Gasteiger partial charge in [-0.2, -0.15) is 8.42 Å². The van der Waals surface area contributed by atoms with Crippen molar-refractivity contribution in [2.75, 3.05) is 0 Å². The maximum atomic E-state index is 12.6. The molecule has 4 aliphatic carbocycles. The summed E-state index contributed by atoms with van der Waals surface area (Å²) in [7, 11) is -4.49. The molecule has 0 aromatic rings. The fourth-order valence-electron chi connectivity index (χ4n) is 8.81. The number of fused-ring (bicyclic) bond motifs is 5. The van der Waals surface area contributed by atoms with Crippen LogP contribution in [-0.4, -0.2) is 36.1 Å². The molecule has 4 aliphatic rings. The van der Waals surface area contributed by atoms with E-state index in [0.29, 0.717) is 67.5 Å². The number of Topliss-reactive ketones (excluding diaryl/α,β-unsaturated/α-hetero) is 1. The molecule has 0 radical (unpaired) electrons. The summed E-state index contributed by atoms with van der Waals surface area (Å²) in [6.07, 6.45) is 8.48. The Morgan fingerprint density at radius 2 is 1.82 bits per heavy atom. The molecule has 0 bridgehead atoms. The summed E-state index contributed by atoms with van der Waals surface area (Å²) in [6.45, 7) is 11.1. The number of carbonyl (C=O) groups is 1. The molecule has 0 aromatic heterocycles. The van der Waals surface area contributed by atoms with E-state index in [9.17, 15) is 18.3 Å². The van der Waals surface area contributed by atoms with Crippen LogP contribution in [0, 0.1) is 46.3 Å². The summed E-state index contributed by atoms with van der Waals surface area (Å²) in [5, 5.41) is 11.3.